The first-order valence-corrected chi connectivity index (χ1v) is 6.32. The maximum Gasteiger partial charge on any atom is 0.306 e. The lowest BCUT2D eigenvalue weighted by molar-refractivity contribution is -0.139. The van der Waals surface area contributed by atoms with Gasteiger partial charge in [0.2, 0.25) is 0 Å². The molecule has 1 aromatic rings. The normalized spacial score (nSPS) is 13.0. The van der Waals surface area contributed by atoms with Crippen molar-refractivity contribution in [1.29, 1.82) is 0 Å². The molecule has 1 atom stereocenters. The van der Waals surface area contributed by atoms with E-state index in [0.29, 0.717) is 0 Å². The molecule has 20 heavy (non-hydrogen) atoms. The van der Waals surface area contributed by atoms with Gasteiger partial charge in [-0.15, -0.1) is 0 Å². The number of methoxy groups -OCH3 is 1. The summed E-state index contributed by atoms with van der Waals surface area (Å²) in [6, 6.07) is 0. The highest BCUT2D eigenvalue weighted by molar-refractivity contribution is 5.67. The summed E-state index contributed by atoms with van der Waals surface area (Å²) >= 11 is 0. The molecule has 1 heterocycles. The Kier molecular flexibility index (Phi) is 5.26. The van der Waals surface area contributed by atoms with Crippen molar-refractivity contribution in [2.75, 3.05) is 19.0 Å². The fraction of sp³-hybridized carbons (Fsp3) is 0.615. The molecule has 0 radical (unpaired) electrons. The van der Waals surface area contributed by atoms with Crippen LogP contribution in [0.5, 0.6) is 0 Å². The van der Waals surface area contributed by atoms with Crippen LogP contribution in [0, 0.1) is 0 Å². The van der Waals surface area contributed by atoms with Gasteiger partial charge in [-0.25, -0.2) is 4.98 Å². The molecule has 0 aromatic carbocycles. The van der Waals surface area contributed by atoms with Crippen molar-refractivity contribution in [3.05, 3.63) is 22.7 Å². The molecule has 0 amide bonds. The number of nitrogens with zero attached hydrogens (tertiary/aromatic N) is 2. The van der Waals surface area contributed by atoms with Gasteiger partial charge in [-0.05, 0) is 20.8 Å². The van der Waals surface area contributed by atoms with Gasteiger partial charge in [0.1, 0.15) is 0 Å². The molecule has 7 heteroatoms. The largest absolute Gasteiger partial charge is 0.481 e. The minimum atomic E-state index is -0.952. The van der Waals surface area contributed by atoms with Crippen molar-refractivity contribution < 1.29 is 14.6 Å². The van der Waals surface area contributed by atoms with Crippen LogP contribution in [0.1, 0.15) is 27.2 Å². The van der Waals surface area contributed by atoms with Crippen molar-refractivity contribution in [3.8, 4) is 0 Å². The van der Waals surface area contributed by atoms with E-state index in [1.807, 2.05) is 20.8 Å². The second-order valence-corrected chi connectivity index (χ2v) is 5.46. The van der Waals surface area contributed by atoms with E-state index in [-0.39, 0.29) is 29.9 Å². The molecule has 0 fully saturated rings. The number of rotatable bonds is 6. The highest BCUT2D eigenvalue weighted by atomic mass is 16.5. The van der Waals surface area contributed by atoms with Gasteiger partial charge < -0.3 is 19.7 Å². The van der Waals surface area contributed by atoms with E-state index < -0.39 is 12.1 Å². The molecule has 0 aliphatic rings. The Bertz CT molecular complexity index is 519. The Hall–Kier alpha value is -1.89. The van der Waals surface area contributed by atoms with Crippen molar-refractivity contribution >= 4 is 11.8 Å². The number of anilines is 1. The summed E-state index contributed by atoms with van der Waals surface area (Å²) in [5.41, 5.74) is -0.594. The van der Waals surface area contributed by atoms with E-state index in [1.165, 1.54) is 13.3 Å². The predicted octanol–water partition coefficient (Wildman–Crippen LogP) is 0.900. The Morgan fingerprint density at radius 3 is 2.70 bits per heavy atom. The highest BCUT2D eigenvalue weighted by Crippen LogP contribution is 2.10. The Balaban J connectivity index is 2.84. The third-order valence-electron chi connectivity index (χ3n) is 2.80. The van der Waals surface area contributed by atoms with E-state index in [4.69, 9.17) is 9.84 Å². The van der Waals surface area contributed by atoms with Crippen molar-refractivity contribution in [1.82, 2.24) is 9.55 Å². The van der Waals surface area contributed by atoms with Gasteiger partial charge in [0, 0.05) is 31.6 Å². The van der Waals surface area contributed by atoms with Crippen LogP contribution in [0.2, 0.25) is 0 Å². The van der Waals surface area contributed by atoms with E-state index in [2.05, 4.69) is 10.3 Å². The lowest BCUT2D eigenvalue weighted by atomic mass is 10.1. The third kappa shape index (κ3) is 4.34. The summed E-state index contributed by atoms with van der Waals surface area (Å²) in [7, 11) is 1.43. The molecular weight excluding hydrogens is 262 g/mol. The lowest BCUT2D eigenvalue weighted by Crippen LogP contribution is -2.36. The van der Waals surface area contributed by atoms with Gasteiger partial charge in [0.25, 0.3) is 5.56 Å². The van der Waals surface area contributed by atoms with Crippen LogP contribution in [-0.2, 0) is 15.1 Å². The first-order chi connectivity index (χ1) is 9.25. The summed E-state index contributed by atoms with van der Waals surface area (Å²) in [5, 5.41) is 11.6. The molecule has 112 valence electrons. The van der Waals surface area contributed by atoms with E-state index in [9.17, 15) is 9.59 Å². The number of nitrogens with one attached hydrogen (secondary N) is 1. The quantitative estimate of drug-likeness (QED) is 0.805. The molecule has 1 rings (SSSR count). The summed E-state index contributed by atoms with van der Waals surface area (Å²) in [5.74, 6) is -0.762. The number of aliphatic carboxylic acids is 1. The Morgan fingerprint density at radius 2 is 2.20 bits per heavy atom. The van der Waals surface area contributed by atoms with Crippen molar-refractivity contribution in [2.24, 2.45) is 0 Å². The first-order valence-electron chi connectivity index (χ1n) is 6.32. The smallest absolute Gasteiger partial charge is 0.306 e. The van der Waals surface area contributed by atoms with Crippen LogP contribution < -0.4 is 10.9 Å². The Morgan fingerprint density at radius 1 is 1.55 bits per heavy atom. The average molecular weight is 283 g/mol. The SMILES string of the molecule is COC(CNc1nccn(C(C)(C)C)c1=O)CC(=O)O. The summed E-state index contributed by atoms with van der Waals surface area (Å²) in [6.45, 7) is 5.96. The topological polar surface area (TPSA) is 93.5 Å². The molecule has 0 spiro atoms. The third-order valence-corrected chi connectivity index (χ3v) is 2.80. The Labute approximate surface area is 117 Å². The second kappa shape index (κ2) is 6.51. The molecule has 1 aromatic heterocycles. The zero-order valence-electron chi connectivity index (χ0n) is 12.2. The first kappa shape index (κ1) is 16.2. The number of carbonyl (C=O) groups is 1. The van der Waals surface area contributed by atoms with Crippen molar-refractivity contribution in [2.45, 2.75) is 38.8 Å². The van der Waals surface area contributed by atoms with Crippen LogP contribution in [0.4, 0.5) is 5.82 Å². The zero-order chi connectivity index (χ0) is 15.3. The number of ether oxygens (including phenoxy) is 1. The number of hydrogen-bond donors (Lipinski definition) is 2. The van der Waals surface area contributed by atoms with E-state index in [0.717, 1.165) is 0 Å². The van der Waals surface area contributed by atoms with Gasteiger partial charge in [0.15, 0.2) is 5.82 Å². The molecule has 2 N–H and O–H groups in total. The molecule has 0 saturated carbocycles. The van der Waals surface area contributed by atoms with Crippen LogP contribution in [-0.4, -0.2) is 40.4 Å². The highest BCUT2D eigenvalue weighted by Gasteiger charge is 2.18. The molecule has 1 unspecified atom stereocenters. The summed E-state index contributed by atoms with van der Waals surface area (Å²) < 4.78 is 6.61. The number of hydrogen-bond acceptors (Lipinski definition) is 5. The van der Waals surface area contributed by atoms with Gasteiger partial charge >= 0.3 is 5.97 Å². The molecule has 7 nitrogen and oxygen atoms in total. The van der Waals surface area contributed by atoms with Gasteiger partial charge in [-0.1, -0.05) is 0 Å². The lowest BCUT2D eigenvalue weighted by Gasteiger charge is -2.22. The maximum atomic E-state index is 12.2. The van der Waals surface area contributed by atoms with E-state index in [1.54, 1.807) is 10.8 Å². The monoisotopic (exact) mass is 283 g/mol. The molecular formula is C13H21N3O4. The average Bonchev–Trinajstić information content (AvgIpc) is 2.34. The summed E-state index contributed by atoms with van der Waals surface area (Å²) in [4.78, 5) is 26.9. The number of carboxylic acids is 1. The molecule has 0 aliphatic carbocycles. The standard InChI is InChI=1S/C13H21N3O4/c1-13(2,3)16-6-5-14-11(12(16)19)15-8-9(20-4)7-10(17)18/h5-6,9H,7-8H2,1-4H3,(H,14,15)(H,17,18). The molecule has 0 bridgehead atoms. The minimum Gasteiger partial charge on any atom is -0.481 e. The summed E-state index contributed by atoms with van der Waals surface area (Å²) in [6.07, 6.45) is 2.51. The van der Waals surface area contributed by atoms with Crippen molar-refractivity contribution in [3.63, 3.8) is 0 Å². The molecule has 0 aliphatic heterocycles. The van der Waals surface area contributed by atoms with Crippen LogP contribution in [0.25, 0.3) is 0 Å². The fourth-order valence-electron chi connectivity index (χ4n) is 1.71. The fourth-order valence-corrected chi connectivity index (χ4v) is 1.71. The predicted molar refractivity (Wildman–Crippen MR) is 75.0 cm³/mol. The molecule has 0 saturated heterocycles. The van der Waals surface area contributed by atoms with Crippen LogP contribution >= 0.6 is 0 Å². The minimum absolute atomic E-state index is 0.135. The number of carboxylic acid groups (broad SMARTS) is 1. The second-order valence-electron chi connectivity index (χ2n) is 5.46. The number of aromatic nitrogens is 2. The van der Waals surface area contributed by atoms with Gasteiger partial charge in [-0.3, -0.25) is 9.59 Å². The zero-order valence-corrected chi connectivity index (χ0v) is 12.2. The van der Waals surface area contributed by atoms with Crippen LogP contribution in [0.3, 0.4) is 0 Å². The van der Waals surface area contributed by atoms with Crippen LogP contribution in [0.15, 0.2) is 17.2 Å². The van der Waals surface area contributed by atoms with Gasteiger partial charge in [-0.2, -0.15) is 0 Å². The maximum absolute atomic E-state index is 12.2. The van der Waals surface area contributed by atoms with Gasteiger partial charge in [0.05, 0.1) is 12.5 Å². The van der Waals surface area contributed by atoms with E-state index >= 15 is 0 Å².